The Morgan fingerprint density at radius 1 is 1.04 bits per heavy atom. The smallest absolute Gasteiger partial charge is 0.322 e. The van der Waals surface area contributed by atoms with Gasteiger partial charge in [-0.15, -0.1) is 0 Å². The molecule has 26 heavy (non-hydrogen) atoms. The van der Waals surface area contributed by atoms with Crippen LogP contribution < -0.4 is 5.32 Å². The molecule has 0 saturated carbocycles. The first-order valence-corrected chi connectivity index (χ1v) is 7.30. The zero-order valence-corrected chi connectivity index (χ0v) is 13.0. The van der Waals surface area contributed by atoms with E-state index in [0.717, 1.165) is 12.1 Å². The number of phenolic OH excluding ortho intramolecular Hbond substituents is 1. The summed E-state index contributed by atoms with van der Waals surface area (Å²) in [7, 11) is 0. The van der Waals surface area contributed by atoms with Crippen molar-refractivity contribution in [3.63, 3.8) is 0 Å². The number of hydrogen-bond acceptors (Lipinski definition) is 5. The van der Waals surface area contributed by atoms with Gasteiger partial charge in [0, 0.05) is 18.0 Å². The molecule has 3 N–H and O–H groups in total. The lowest BCUT2D eigenvalue weighted by molar-refractivity contribution is -0.135. The second-order valence-electron chi connectivity index (χ2n) is 5.28. The third-order valence-corrected chi connectivity index (χ3v) is 3.59. The number of nitrogens with zero attached hydrogens (tertiary/aromatic N) is 2. The van der Waals surface area contributed by atoms with Gasteiger partial charge in [-0.05, 0) is 23.8 Å². The molecule has 0 aliphatic rings. The fourth-order valence-corrected chi connectivity index (χ4v) is 2.47. The number of nitrogens with one attached hydrogen (secondary N) is 1. The molecule has 0 fully saturated rings. The topological polar surface area (TPSA) is 112 Å². The number of fused-ring (bicyclic) bond motifs is 1. The first kappa shape index (κ1) is 17.2. The molecular weight excluding hydrogens is 348 g/mol. The van der Waals surface area contributed by atoms with Crippen LogP contribution in [0, 0.1) is 11.6 Å². The Hall–Kier alpha value is -3.62. The maximum Gasteiger partial charge on any atom is 0.322 e. The van der Waals surface area contributed by atoms with Crippen molar-refractivity contribution in [2.24, 2.45) is 0 Å². The average molecular weight is 359 g/mol. The number of aliphatic carboxylic acids is 1. The van der Waals surface area contributed by atoms with Gasteiger partial charge in [0.05, 0.1) is 5.52 Å². The number of halogens is 2. The van der Waals surface area contributed by atoms with Crippen LogP contribution in [0.25, 0.3) is 22.2 Å². The van der Waals surface area contributed by atoms with Crippen LogP contribution in [0.3, 0.4) is 0 Å². The number of carboxylic acids is 1. The van der Waals surface area contributed by atoms with E-state index in [2.05, 4.69) is 15.3 Å². The van der Waals surface area contributed by atoms with Gasteiger partial charge in [0.1, 0.15) is 23.4 Å². The highest BCUT2D eigenvalue weighted by Gasteiger charge is 2.21. The van der Waals surface area contributed by atoms with Crippen molar-refractivity contribution in [2.45, 2.75) is 0 Å². The summed E-state index contributed by atoms with van der Waals surface area (Å²) < 4.78 is 26.7. The molecule has 0 atom stereocenters. The lowest BCUT2D eigenvalue weighted by Gasteiger charge is -2.12. The van der Waals surface area contributed by atoms with Gasteiger partial charge in [-0.3, -0.25) is 19.6 Å². The largest absolute Gasteiger partial charge is 0.507 e. The van der Waals surface area contributed by atoms with E-state index in [1.54, 1.807) is 0 Å². The van der Waals surface area contributed by atoms with Crippen molar-refractivity contribution in [2.75, 3.05) is 6.54 Å². The molecule has 1 aromatic heterocycles. The van der Waals surface area contributed by atoms with Crippen LogP contribution in [-0.2, 0) is 4.79 Å². The van der Waals surface area contributed by atoms with Crippen molar-refractivity contribution >= 4 is 22.9 Å². The second-order valence-corrected chi connectivity index (χ2v) is 5.28. The number of carbonyl (C=O) groups excluding carboxylic acids is 1. The van der Waals surface area contributed by atoms with Gasteiger partial charge < -0.3 is 15.5 Å². The SMILES string of the molecule is O=C(O)CNC(=O)c1c(O)cc(-c2ccc(F)c(F)c2)c2nccnc12. The Balaban J connectivity index is 2.19. The van der Waals surface area contributed by atoms with E-state index in [4.69, 9.17) is 5.11 Å². The highest BCUT2D eigenvalue weighted by Crippen LogP contribution is 2.34. The van der Waals surface area contributed by atoms with Gasteiger partial charge in [0.25, 0.3) is 5.91 Å². The average Bonchev–Trinajstić information content (AvgIpc) is 2.61. The van der Waals surface area contributed by atoms with E-state index in [1.807, 2.05) is 0 Å². The summed E-state index contributed by atoms with van der Waals surface area (Å²) in [5, 5.41) is 21.1. The molecule has 3 aromatic rings. The van der Waals surface area contributed by atoms with Crippen LogP contribution in [-0.4, -0.2) is 38.6 Å². The molecular formula is C17H11F2N3O4. The standard InChI is InChI=1S/C17H11F2N3O4/c18-10-2-1-8(5-11(10)19)9-6-12(23)14(17(26)22-7-13(24)25)16-15(9)20-3-4-21-16/h1-6,23H,7H2,(H,22,26)(H,24,25). The van der Waals surface area contributed by atoms with Gasteiger partial charge >= 0.3 is 5.97 Å². The van der Waals surface area contributed by atoms with Crippen LogP contribution in [0.15, 0.2) is 36.7 Å². The van der Waals surface area contributed by atoms with Gasteiger partial charge in [0.2, 0.25) is 0 Å². The summed E-state index contributed by atoms with van der Waals surface area (Å²) in [6, 6.07) is 4.32. The second kappa shape index (κ2) is 6.71. The van der Waals surface area contributed by atoms with Crippen LogP contribution in [0.5, 0.6) is 5.75 Å². The third kappa shape index (κ3) is 3.14. The van der Waals surface area contributed by atoms with E-state index in [9.17, 15) is 23.5 Å². The number of rotatable bonds is 4. The minimum atomic E-state index is -1.26. The highest BCUT2D eigenvalue weighted by atomic mass is 19.2. The lowest BCUT2D eigenvalue weighted by Crippen LogP contribution is -2.29. The maximum absolute atomic E-state index is 13.6. The van der Waals surface area contributed by atoms with E-state index in [0.29, 0.717) is 0 Å². The summed E-state index contributed by atoms with van der Waals surface area (Å²) in [6.07, 6.45) is 2.62. The van der Waals surface area contributed by atoms with Gasteiger partial charge in [-0.25, -0.2) is 8.78 Å². The molecule has 7 nitrogen and oxygen atoms in total. The molecule has 0 aliphatic heterocycles. The van der Waals surface area contributed by atoms with E-state index < -0.39 is 35.8 Å². The fraction of sp³-hybridized carbons (Fsp3) is 0.0588. The van der Waals surface area contributed by atoms with E-state index in [-0.39, 0.29) is 27.7 Å². The Morgan fingerprint density at radius 2 is 1.73 bits per heavy atom. The zero-order valence-electron chi connectivity index (χ0n) is 13.0. The van der Waals surface area contributed by atoms with Crippen molar-refractivity contribution < 1.29 is 28.6 Å². The number of carbonyl (C=O) groups is 2. The molecule has 132 valence electrons. The Bertz CT molecular complexity index is 1040. The molecule has 0 bridgehead atoms. The first-order chi connectivity index (χ1) is 12.4. The van der Waals surface area contributed by atoms with Crippen molar-refractivity contribution in [3.8, 4) is 16.9 Å². The normalized spacial score (nSPS) is 10.7. The zero-order chi connectivity index (χ0) is 18.8. The highest BCUT2D eigenvalue weighted by molar-refractivity contribution is 6.11. The number of hydrogen-bond donors (Lipinski definition) is 3. The van der Waals surface area contributed by atoms with Crippen molar-refractivity contribution in [1.29, 1.82) is 0 Å². The number of aromatic nitrogens is 2. The van der Waals surface area contributed by atoms with Gasteiger partial charge in [0.15, 0.2) is 11.6 Å². The Labute approximate surface area is 144 Å². The summed E-state index contributed by atoms with van der Waals surface area (Å²) in [6.45, 7) is -0.648. The molecule has 1 amide bonds. The molecule has 0 radical (unpaired) electrons. The van der Waals surface area contributed by atoms with Crippen LogP contribution in [0.1, 0.15) is 10.4 Å². The van der Waals surface area contributed by atoms with E-state index >= 15 is 0 Å². The predicted molar refractivity (Wildman–Crippen MR) is 86.5 cm³/mol. The monoisotopic (exact) mass is 359 g/mol. The van der Waals surface area contributed by atoms with Crippen molar-refractivity contribution in [1.82, 2.24) is 15.3 Å². The molecule has 1 heterocycles. The molecule has 0 spiro atoms. The minimum Gasteiger partial charge on any atom is -0.507 e. The van der Waals surface area contributed by atoms with E-state index in [1.165, 1.54) is 24.5 Å². The fourth-order valence-electron chi connectivity index (χ4n) is 2.47. The van der Waals surface area contributed by atoms with Gasteiger partial charge in [-0.1, -0.05) is 6.07 Å². The molecule has 0 aliphatic carbocycles. The Kier molecular flexibility index (Phi) is 4.44. The summed E-state index contributed by atoms with van der Waals surface area (Å²) in [5.41, 5.74) is 0.356. The summed E-state index contributed by atoms with van der Waals surface area (Å²) in [4.78, 5) is 31.0. The Morgan fingerprint density at radius 3 is 2.38 bits per heavy atom. The van der Waals surface area contributed by atoms with Gasteiger partial charge in [-0.2, -0.15) is 0 Å². The number of aromatic hydroxyl groups is 1. The first-order valence-electron chi connectivity index (χ1n) is 7.30. The van der Waals surface area contributed by atoms with Crippen LogP contribution in [0.2, 0.25) is 0 Å². The minimum absolute atomic E-state index is 0.00452. The molecule has 0 saturated heterocycles. The molecule has 3 rings (SSSR count). The third-order valence-electron chi connectivity index (χ3n) is 3.59. The molecule has 0 unspecified atom stereocenters. The summed E-state index contributed by atoms with van der Waals surface area (Å²) in [5.74, 6) is -4.72. The van der Waals surface area contributed by atoms with Crippen LogP contribution in [0.4, 0.5) is 8.78 Å². The lowest BCUT2D eigenvalue weighted by atomic mass is 9.99. The summed E-state index contributed by atoms with van der Waals surface area (Å²) >= 11 is 0. The number of amides is 1. The molecule has 2 aromatic carbocycles. The number of phenols is 1. The maximum atomic E-state index is 13.6. The quantitative estimate of drug-likeness (QED) is 0.658. The molecule has 9 heteroatoms. The predicted octanol–water partition coefficient (Wildman–Crippen LogP) is 2.09. The van der Waals surface area contributed by atoms with Crippen LogP contribution >= 0.6 is 0 Å². The number of carboxylic acid groups (broad SMARTS) is 1. The number of benzene rings is 2. The van der Waals surface area contributed by atoms with Crippen molar-refractivity contribution in [3.05, 3.63) is 53.9 Å².